The highest BCUT2D eigenvalue weighted by molar-refractivity contribution is 5.84. The second-order valence-electron chi connectivity index (χ2n) is 8.05. The number of rotatable bonds is 9. The van der Waals surface area contributed by atoms with Gasteiger partial charge >= 0.3 is 0 Å². The van der Waals surface area contributed by atoms with E-state index in [-0.39, 0.29) is 11.6 Å². The number of hydrogen-bond acceptors (Lipinski definition) is 2. The van der Waals surface area contributed by atoms with Crippen LogP contribution in [-0.2, 0) is 25.7 Å². The molecule has 0 saturated heterocycles. The van der Waals surface area contributed by atoms with Crippen molar-refractivity contribution in [2.75, 3.05) is 6.61 Å². The van der Waals surface area contributed by atoms with Gasteiger partial charge in [-0.15, -0.1) is 0 Å². The molecule has 0 atom stereocenters. The van der Waals surface area contributed by atoms with E-state index in [0.717, 1.165) is 47.2 Å². The van der Waals surface area contributed by atoms with Crippen LogP contribution in [0.25, 0.3) is 10.8 Å². The first-order valence-corrected chi connectivity index (χ1v) is 11.1. The fourth-order valence-corrected chi connectivity index (χ4v) is 3.80. The summed E-state index contributed by atoms with van der Waals surface area (Å²) < 4.78 is 33.7. The van der Waals surface area contributed by atoms with Crippen molar-refractivity contribution in [2.24, 2.45) is 0 Å². The minimum Gasteiger partial charge on any atom is -0.492 e. The van der Waals surface area contributed by atoms with Crippen molar-refractivity contribution < 1.29 is 13.5 Å². The molecule has 0 aliphatic carbocycles. The molecule has 32 heavy (non-hydrogen) atoms. The Balaban J connectivity index is 1.40. The lowest BCUT2D eigenvalue weighted by Gasteiger charge is -2.09. The summed E-state index contributed by atoms with van der Waals surface area (Å²) in [6.45, 7) is 2.77. The van der Waals surface area contributed by atoms with Crippen molar-refractivity contribution in [3.63, 3.8) is 0 Å². The van der Waals surface area contributed by atoms with Crippen LogP contribution < -0.4 is 4.74 Å². The zero-order valence-corrected chi connectivity index (χ0v) is 18.3. The average molecular weight is 432 g/mol. The number of benzene rings is 3. The summed E-state index contributed by atoms with van der Waals surface area (Å²) >= 11 is 0. The van der Waals surface area contributed by atoms with E-state index in [9.17, 15) is 4.39 Å². The van der Waals surface area contributed by atoms with Crippen LogP contribution in [0.15, 0.2) is 72.9 Å². The van der Waals surface area contributed by atoms with Crippen molar-refractivity contribution in [1.82, 2.24) is 4.98 Å². The Morgan fingerprint density at radius 2 is 1.56 bits per heavy atom. The summed E-state index contributed by atoms with van der Waals surface area (Å²) in [7, 11) is 0. The van der Waals surface area contributed by atoms with Crippen molar-refractivity contribution in [3.05, 3.63) is 107 Å². The average Bonchev–Trinajstić information content (AvgIpc) is 2.82. The Kier molecular flexibility index (Phi) is 7.10. The molecule has 164 valence electrons. The molecule has 4 heteroatoms. The fraction of sp³-hybridized carbons (Fsp3) is 0.250. The molecule has 0 fully saturated rings. The molecule has 0 saturated carbocycles. The van der Waals surface area contributed by atoms with Crippen LogP contribution in [0.2, 0.25) is 0 Å². The summed E-state index contributed by atoms with van der Waals surface area (Å²) in [6, 6.07) is 20.1. The van der Waals surface area contributed by atoms with Gasteiger partial charge in [0.2, 0.25) is 0 Å². The van der Waals surface area contributed by atoms with Crippen LogP contribution in [0.4, 0.5) is 8.78 Å². The standard InChI is InChI=1S/C28H27F2NO/c1-2-17-32-26-15-14-25(31-19-26)13-6-21-7-16-27-23(18-21)10-9-22(28(27)30)8-3-20-4-11-24(29)12-5-20/h4-5,7,9-12,14-16,18-19H,2-3,6,8,13,17H2,1H3. The molecular weight excluding hydrogens is 404 g/mol. The van der Waals surface area contributed by atoms with Gasteiger partial charge in [-0.2, -0.15) is 0 Å². The van der Waals surface area contributed by atoms with Crippen molar-refractivity contribution >= 4 is 10.8 Å². The molecule has 0 radical (unpaired) electrons. The maximum Gasteiger partial charge on any atom is 0.137 e. The summed E-state index contributed by atoms with van der Waals surface area (Å²) in [6.07, 6.45) is 5.66. The van der Waals surface area contributed by atoms with E-state index in [1.165, 1.54) is 12.1 Å². The third-order valence-corrected chi connectivity index (χ3v) is 5.63. The van der Waals surface area contributed by atoms with Gasteiger partial charge in [-0.05, 0) is 78.4 Å². The predicted octanol–water partition coefficient (Wildman–Crippen LogP) is 6.87. The topological polar surface area (TPSA) is 22.1 Å². The van der Waals surface area contributed by atoms with Crippen LogP contribution in [0, 0.1) is 11.6 Å². The molecule has 1 aromatic heterocycles. The van der Waals surface area contributed by atoms with E-state index < -0.39 is 0 Å². The first kappa shape index (κ1) is 21.9. The smallest absolute Gasteiger partial charge is 0.137 e. The van der Waals surface area contributed by atoms with Gasteiger partial charge in [0, 0.05) is 11.1 Å². The Morgan fingerprint density at radius 3 is 2.31 bits per heavy atom. The molecule has 0 unspecified atom stereocenters. The van der Waals surface area contributed by atoms with Gasteiger partial charge < -0.3 is 4.74 Å². The Hall–Kier alpha value is -3.27. The molecule has 0 bridgehead atoms. The van der Waals surface area contributed by atoms with Gasteiger partial charge in [0.1, 0.15) is 17.4 Å². The summed E-state index contributed by atoms with van der Waals surface area (Å²) in [5, 5.41) is 1.54. The predicted molar refractivity (Wildman–Crippen MR) is 125 cm³/mol. The number of ether oxygens (including phenoxy) is 1. The van der Waals surface area contributed by atoms with Crippen LogP contribution in [0.3, 0.4) is 0 Å². The lowest BCUT2D eigenvalue weighted by Crippen LogP contribution is -1.99. The molecule has 4 rings (SSSR count). The zero-order chi connectivity index (χ0) is 22.3. The highest BCUT2D eigenvalue weighted by atomic mass is 19.1. The third-order valence-electron chi connectivity index (χ3n) is 5.63. The van der Waals surface area contributed by atoms with Gasteiger partial charge in [-0.1, -0.05) is 49.4 Å². The number of pyridine rings is 1. The second-order valence-corrected chi connectivity index (χ2v) is 8.05. The molecule has 1 heterocycles. The molecule has 0 spiro atoms. The first-order valence-electron chi connectivity index (χ1n) is 11.1. The highest BCUT2D eigenvalue weighted by Crippen LogP contribution is 2.24. The fourth-order valence-electron chi connectivity index (χ4n) is 3.80. The van der Waals surface area contributed by atoms with E-state index in [1.54, 1.807) is 18.3 Å². The van der Waals surface area contributed by atoms with E-state index in [2.05, 4.69) is 18.0 Å². The van der Waals surface area contributed by atoms with Gasteiger partial charge in [0.25, 0.3) is 0 Å². The van der Waals surface area contributed by atoms with Gasteiger partial charge in [-0.25, -0.2) is 8.78 Å². The number of nitrogens with zero attached hydrogens (tertiary/aromatic N) is 1. The largest absolute Gasteiger partial charge is 0.492 e. The Morgan fingerprint density at radius 1 is 0.781 bits per heavy atom. The lowest BCUT2D eigenvalue weighted by atomic mass is 9.98. The van der Waals surface area contributed by atoms with Gasteiger partial charge in [0.05, 0.1) is 12.8 Å². The molecular formula is C28H27F2NO. The number of aromatic nitrogens is 1. The van der Waals surface area contributed by atoms with Crippen molar-refractivity contribution in [1.29, 1.82) is 0 Å². The first-order chi connectivity index (χ1) is 15.6. The maximum absolute atomic E-state index is 15.1. The molecule has 4 aromatic rings. The monoisotopic (exact) mass is 431 g/mol. The van der Waals surface area contributed by atoms with Gasteiger partial charge in [-0.3, -0.25) is 4.98 Å². The van der Waals surface area contributed by atoms with E-state index in [0.29, 0.717) is 30.4 Å². The number of hydrogen-bond donors (Lipinski definition) is 0. The van der Waals surface area contributed by atoms with Crippen LogP contribution in [-0.4, -0.2) is 11.6 Å². The number of aryl methyl sites for hydroxylation is 4. The molecule has 0 aliphatic rings. The van der Waals surface area contributed by atoms with Crippen LogP contribution in [0.5, 0.6) is 5.75 Å². The Bertz CT molecular complexity index is 1170. The number of halogens is 2. The summed E-state index contributed by atoms with van der Waals surface area (Å²) in [5.41, 5.74) is 3.85. The second kappa shape index (κ2) is 10.4. The third kappa shape index (κ3) is 5.50. The highest BCUT2D eigenvalue weighted by Gasteiger charge is 2.09. The van der Waals surface area contributed by atoms with Crippen LogP contribution >= 0.6 is 0 Å². The Labute approximate surface area is 187 Å². The molecule has 0 N–H and O–H groups in total. The lowest BCUT2D eigenvalue weighted by molar-refractivity contribution is 0.316. The van der Waals surface area contributed by atoms with Crippen molar-refractivity contribution in [3.8, 4) is 5.75 Å². The maximum atomic E-state index is 15.1. The van der Waals surface area contributed by atoms with E-state index in [1.807, 2.05) is 36.4 Å². The normalized spacial score (nSPS) is 11.1. The zero-order valence-electron chi connectivity index (χ0n) is 18.3. The van der Waals surface area contributed by atoms with E-state index >= 15 is 4.39 Å². The van der Waals surface area contributed by atoms with E-state index in [4.69, 9.17) is 4.74 Å². The summed E-state index contributed by atoms with van der Waals surface area (Å²) in [5.74, 6) is 0.378. The minimum atomic E-state index is -0.254. The van der Waals surface area contributed by atoms with Crippen LogP contribution in [0.1, 0.15) is 35.7 Å². The molecule has 0 amide bonds. The quantitative estimate of drug-likeness (QED) is 0.288. The minimum absolute atomic E-state index is 0.166. The molecule has 0 aliphatic heterocycles. The van der Waals surface area contributed by atoms with Gasteiger partial charge in [0.15, 0.2) is 0 Å². The summed E-state index contributed by atoms with van der Waals surface area (Å²) in [4.78, 5) is 4.48. The molecule has 3 aromatic carbocycles. The van der Waals surface area contributed by atoms with Crippen molar-refractivity contribution in [2.45, 2.75) is 39.0 Å². The SMILES string of the molecule is CCCOc1ccc(CCc2ccc3c(F)c(CCc4ccc(F)cc4)ccc3c2)nc1. The number of fused-ring (bicyclic) bond motifs is 1. The molecule has 2 nitrogen and oxygen atoms in total.